The molecule has 1 unspecified atom stereocenters. The Hall–Kier alpha value is -1.97. The molecule has 0 fully saturated rings. The minimum absolute atomic E-state index is 0.0332. The molecule has 0 saturated heterocycles. The lowest BCUT2D eigenvalue weighted by atomic mass is 9.89. The Morgan fingerprint density at radius 3 is 2.88 bits per heavy atom. The van der Waals surface area contributed by atoms with E-state index in [-0.39, 0.29) is 5.91 Å². The summed E-state index contributed by atoms with van der Waals surface area (Å²) in [6.07, 6.45) is 3.49. The van der Waals surface area contributed by atoms with Gasteiger partial charge in [0, 0.05) is 21.9 Å². The predicted octanol–water partition coefficient (Wildman–Crippen LogP) is 4.87. The molecule has 2 aromatic rings. The summed E-state index contributed by atoms with van der Waals surface area (Å²) in [7, 11) is 1.64. The molecule has 1 aliphatic carbocycles. The monoisotopic (exact) mass is 386 g/mol. The highest BCUT2D eigenvalue weighted by atomic mass is 32.2. The van der Waals surface area contributed by atoms with Crippen molar-refractivity contribution >= 4 is 34.0 Å². The van der Waals surface area contributed by atoms with Crippen LogP contribution in [0.4, 0.5) is 5.00 Å². The van der Waals surface area contributed by atoms with E-state index in [2.05, 4.69) is 18.3 Å². The van der Waals surface area contributed by atoms with Gasteiger partial charge in [-0.05, 0) is 55.0 Å². The molecule has 1 amide bonds. The summed E-state index contributed by atoms with van der Waals surface area (Å²) in [5, 5.41) is 13.2. The Morgan fingerprint density at radius 1 is 1.42 bits per heavy atom. The summed E-state index contributed by atoms with van der Waals surface area (Å²) in [6, 6.07) is 10.1. The SMILES string of the molecule is COc1ccc(SCCC(=O)Nc2sc3c(c2C#N)CCC(C)C3)cc1. The number of rotatable bonds is 6. The highest BCUT2D eigenvalue weighted by molar-refractivity contribution is 7.99. The Bertz CT molecular complexity index is 822. The third-order valence-electron chi connectivity index (χ3n) is 4.53. The molecule has 136 valence electrons. The van der Waals surface area contributed by atoms with Crippen molar-refractivity contribution in [3.8, 4) is 11.8 Å². The summed E-state index contributed by atoms with van der Waals surface area (Å²) >= 11 is 3.22. The number of hydrogen-bond donors (Lipinski definition) is 1. The molecular weight excluding hydrogens is 364 g/mol. The van der Waals surface area contributed by atoms with Gasteiger partial charge in [0.2, 0.25) is 5.91 Å². The van der Waals surface area contributed by atoms with Crippen LogP contribution in [0, 0.1) is 17.2 Å². The topological polar surface area (TPSA) is 62.1 Å². The van der Waals surface area contributed by atoms with Gasteiger partial charge in [-0.3, -0.25) is 4.79 Å². The van der Waals surface area contributed by atoms with Crippen molar-refractivity contribution in [2.75, 3.05) is 18.2 Å². The fraction of sp³-hybridized carbons (Fsp3) is 0.400. The molecule has 1 aliphatic rings. The number of thioether (sulfide) groups is 1. The van der Waals surface area contributed by atoms with Gasteiger partial charge in [0.25, 0.3) is 0 Å². The van der Waals surface area contributed by atoms with Crippen molar-refractivity contribution in [2.45, 2.75) is 37.5 Å². The standard InChI is InChI=1S/C20H22N2O2S2/c1-13-3-8-16-17(12-21)20(26-18(16)11-13)22-19(23)9-10-25-15-6-4-14(24-2)5-7-15/h4-7,13H,3,8-11H2,1-2H3,(H,22,23). The largest absolute Gasteiger partial charge is 0.497 e. The van der Waals surface area contributed by atoms with E-state index in [1.54, 1.807) is 30.2 Å². The van der Waals surface area contributed by atoms with Gasteiger partial charge in [-0.25, -0.2) is 0 Å². The normalized spacial score (nSPS) is 15.8. The van der Waals surface area contributed by atoms with Gasteiger partial charge in [-0.2, -0.15) is 5.26 Å². The molecule has 1 atom stereocenters. The quantitative estimate of drug-likeness (QED) is 0.719. The van der Waals surface area contributed by atoms with E-state index in [1.165, 1.54) is 4.88 Å². The minimum Gasteiger partial charge on any atom is -0.497 e. The number of anilines is 1. The summed E-state index contributed by atoms with van der Waals surface area (Å²) < 4.78 is 5.14. The van der Waals surface area contributed by atoms with E-state index in [1.807, 2.05) is 24.3 Å². The first kappa shape index (κ1) is 18.8. The van der Waals surface area contributed by atoms with Crippen LogP contribution in [0.2, 0.25) is 0 Å². The second-order valence-electron chi connectivity index (χ2n) is 6.49. The molecule has 0 spiro atoms. The van der Waals surface area contributed by atoms with Crippen molar-refractivity contribution in [1.29, 1.82) is 5.26 Å². The summed E-state index contributed by atoms with van der Waals surface area (Å²) in [6.45, 7) is 2.24. The summed E-state index contributed by atoms with van der Waals surface area (Å²) in [5.74, 6) is 2.14. The molecule has 3 rings (SSSR count). The first-order valence-corrected chi connectivity index (χ1v) is 10.5. The Balaban J connectivity index is 1.55. The van der Waals surface area contributed by atoms with Crippen molar-refractivity contribution in [3.63, 3.8) is 0 Å². The number of carbonyl (C=O) groups excluding carboxylic acids is 1. The third-order valence-corrected chi connectivity index (χ3v) is 6.72. The lowest BCUT2D eigenvalue weighted by molar-refractivity contribution is -0.115. The van der Waals surface area contributed by atoms with E-state index in [0.29, 0.717) is 23.7 Å². The number of nitrogens with zero attached hydrogens (tertiary/aromatic N) is 1. The number of ether oxygens (including phenoxy) is 1. The zero-order valence-electron chi connectivity index (χ0n) is 15.0. The third kappa shape index (κ3) is 4.40. The maximum absolute atomic E-state index is 12.3. The molecule has 26 heavy (non-hydrogen) atoms. The number of thiophene rings is 1. The van der Waals surface area contributed by atoms with Gasteiger partial charge < -0.3 is 10.1 Å². The number of carbonyl (C=O) groups is 1. The fourth-order valence-corrected chi connectivity index (χ4v) is 5.31. The van der Waals surface area contributed by atoms with Gasteiger partial charge in [0.1, 0.15) is 16.8 Å². The van der Waals surface area contributed by atoms with Gasteiger partial charge in [0.15, 0.2) is 0 Å². The maximum atomic E-state index is 12.3. The van der Waals surface area contributed by atoms with Crippen LogP contribution in [-0.4, -0.2) is 18.8 Å². The molecule has 0 bridgehead atoms. The molecular formula is C20H22N2O2S2. The molecule has 0 aliphatic heterocycles. The Morgan fingerprint density at radius 2 is 2.19 bits per heavy atom. The summed E-state index contributed by atoms with van der Waals surface area (Å²) in [5.41, 5.74) is 1.83. The number of benzene rings is 1. The van der Waals surface area contributed by atoms with Gasteiger partial charge in [-0.1, -0.05) is 6.92 Å². The van der Waals surface area contributed by atoms with Gasteiger partial charge >= 0.3 is 0 Å². The van der Waals surface area contributed by atoms with E-state index in [0.717, 1.165) is 40.5 Å². The van der Waals surface area contributed by atoms with Crippen LogP contribution in [0.1, 0.15) is 35.8 Å². The van der Waals surface area contributed by atoms with E-state index >= 15 is 0 Å². The number of methoxy groups -OCH3 is 1. The number of nitrogens with one attached hydrogen (secondary N) is 1. The number of amides is 1. The van der Waals surface area contributed by atoms with Crippen LogP contribution in [-0.2, 0) is 17.6 Å². The fourth-order valence-electron chi connectivity index (χ4n) is 3.08. The van der Waals surface area contributed by atoms with Crippen molar-refractivity contribution in [1.82, 2.24) is 0 Å². The minimum atomic E-state index is -0.0332. The maximum Gasteiger partial charge on any atom is 0.225 e. The smallest absolute Gasteiger partial charge is 0.225 e. The lowest BCUT2D eigenvalue weighted by Crippen LogP contribution is -2.12. The van der Waals surface area contributed by atoms with Crippen LogP contribution in [0.15, 0.2) is 29.2 Å². The lowest BCUT2D eigenvalue weighted by Gasteiger charge is -2.17. The molecule has 1 aromatic carbocycles. The number of fused-ring (bicyclic) bond motifs is 1. The number of hydrogen-bond acceptors (Lipinski definition) is 5. The van der Waals surface area contributed by atoms with Gasteiger partial charge in [-0.15, -0.1) is 23.1 Å². The molecule has 6 heteroatoms. The van der Waals surface area contributed by atoms with Crippen molar-refractivity contribution < 1.29 is 9.53 Å². The highest BCUT2D eigenvalue weighted by Crippen LogP contribution is 2.39. The van der Waals surface area contributed by atoms with Crippen LogP contribution in [0.3, 0.4) is 0 Å². The van der Waals surface area contributed by atoms with Crippen molar-refractivity contribution in [3.05, 3.63) is 40.3 Å². The first-order valence-electron chi connectivity index (χ1n) is 8.72. The molecule has 1 N–H and O–H groups in total. The molecule has 4 nitrogen and oxygen atoms in total. The summed E-state index contributed by atoms with van der Waals surface area (Å²) in [4.78, 5) is 14.7. The molecule has 1 heterocycles. The predicted molar refractivity (Wildman–Crippen MR) is 107 cm³/mol. The number of nitriles is 1. The average molecular weight is 387 g/mol. The van der Waals surface area contributed by atoms with Crippen molar-refractivity contribution in [2.24, 2.45) is 5.92 Å². The van der Waals surface area contributed by atoms with E-state index in [4.69, 9.17) is 4.74 Å². The highest BCUT2D eigenvalue weighted by Gasteiger charge is 2.24. The second-order valence-corrected chi connectivity index (χ2v) is 8.76. The zero-order chi connectivity index (χ0) is 18.5. The van der Waals surface area contributed by atoms with E-state index in [9.17, 15) is 10.1 Å². The molecule has 0 saturated carbocycles. The van der Waals surface area contributed by atoms with Crippen LogP contribution in [0.25, 0.3) is 0 Å². The average Bonchev–Trinajstić information content (AvgIpc) is 2.98. The molecule has 1 aromatic heterocycles. The van der Waals surface area contributed by atoms with Crippen LogP contribution in [0.5, 0.6) is 5.75 Å². The van der Waals surface area contributed by atoms with Crippen LogP contribution < -0.4 is 10.1 Å². The zero-order valence-corrected chi connectivity index (χ0v) is 16.6. The van der Waals surface area contributed by atoms with E-state index < -0.39 is 0 Å². The second kappa shape index (κ2) is 8.61. The molecule has 0 radical (unpaired) electrons. The van der Waals surface area contributed by atoms with Crippen LogP contribution >= 0.6 is 23.1 Å². The first-order chi connectivity index (χ1) is 12.6. The van der Waals surface area contributed by atoms with Gasteiger partial charge in [0.05, 0.1) is 12.7 Å². The Labute approximate surface area is 162 Å². The Kier molecular flexibility index (Phi) is 6.23.